The minimum atomic E-state index is -0.336. The Bertz CT molecular complexity index is 724. The lowest BCUT2D eigenvalue weighted by Gasteiger charge is -2.17. The first-order valence-corrected chi connectivity index (χ1v) is 8.51. The molecule has 1 N–H and O–H groups in total. The van der Waals surface area contributed by atoms with Crippen molar-refractivity contribution in [3.05, 3.63) is 40.9 Å². The van der Waals surface area contributed by atoms with Crippen LogP contribution in [0.4, 0.5) is 10.8 Å². The third-order valence-electron chi connectivity index (χ3n) is 4.00. The SMILES string of the molecule is CCc1ccc(N2C[C@H](C(=O)Nc3ncc(C)s3)CC2=O)cc1. The topological polar surface area (TPSA) is 62.3 Å². The van der Waals surface area contributed by atoms with E-state index >= 15 is 0 Å². The summed E-state index contributed by atoms with van der Waals surface area (Å²) >= 11 is 1.44. The molecule has 1 aliphatic rings. The molecule has 120 valence electrons. The van der Waals surface area contributed by atoms with Gasteiger partial charge < -0.3 is 10.2 Å². The van der Waals surface area contributed by atoms with Crippen molar-refractivity contribution in [2.24, 2.45) is 5.92 Å². The molecule has 6 heteroatoms. The van der Waals surface area contributed by atoms with E-state index in [0.717, 1.165) is 17.0 Å². The van der Waals surface area contributed by atoms with Gasteiger partial charge in [-0.15, -0.1) is 11.3 Å². The van der Waals surface area contributed by atoms with Crippen molar-refractivity contribution >= 4 is 34.0 Å². The van der Waals surface area contributed by atoms with Crippen molar-refractivity contribution in [2.75, 3.05) is 16.8 Å². The highest BCUT2D eigenvalue weighted by atomic mass is 32.1. The molecule has 1 saturated heterocycles. The summed E-state index contributed by atoms with van der Waals surface area (Å²) < 4.78 is 0. The van der Waals surface area contributed by atoms with Gasteiger partial charge in [0, 0.05) is 29.7 Å². The minimum Gasteiger partial charge on any atom is -0.312 e. The summed E-state index contributed by atoms with van der Waals surface area (Å²) in [7, 11) is 0. The molecule has 0 saturated carbocycles. The Hall–Kier alpha value is -2.21. The fourth-order valence-corrected chi connectivity index (χ4v) is 3.33. The van der Waals surface area contributed by atoms with Crippen LogP contribution >= 0.6 is 11.3 Å². The molecule has 1 fully saturated rings. The maximum Gasteiger partial charge on any atom is 0.231 e. The van der Waals surface area contributed by atoms with Crippen LogP contribution in [0.25, 0.3) is 0 Å². The van der Waals surface area contributed by atoms with E-state index in [0.29, 0.717) is 11.7 Å². The van der Waals surface area contributed by atoms with Crippen molar-refractivity contribution in [3.8, 4) is 0 Å². The lowest BCUT2D eigenvalue weighted by molar-refractivity contribution is -0.122. The van der Waals surface area contributed by atoms with Gasteiger partial charge in [0.2, 0.25) is 11.8 Å². The fourth-order valence-electron chi connectivity index (χ4n) is 2.66. The summed E-state index contributed by atoms with van der Waals surface area (Å²) in [4.78, 5) is 31.4. The molecule has 2 amide bonds. The number of nitrogens with zero attached hydrogens (tertiary/aromatic N) is 2. The highest BCUT2D eigenvalue weighted by Crippen LogP contribution is 2.27. The van der Waals surface area contributed by atoms with Gasteiger partial charge in [-0.25, -0.2) is 4.98 Å². The van der Waals surface area contributed by atoms with Crippen molar-refractivity contribution in [1.82, 2.24) is 4.98 Å². The minimum absolute atomic E-state index is 0.00952. The summed E-state index contributed by atoms with van der Waals surface area (Å²) in [5.41, 5.74) is 2.08. The van der Waals surface area contributed by atoms with E-state index in [1.807, 2.05) is 31.2 Å². The number of thiazole rings is 1. The zero-order valence-corrected chi connectivity index (χ0v) is 14.0. The predicted octanol–water partition coefficient (Wildman–Crippen LogP) is 3.01. The second-order valence-corrected chi connectivity index (χ2v) is 6.93. The van der Waals surface area contributed by atoms with Crippen molar-refractivity contribution < 1.29 is 9.59 Å². The number of aromatic nitrogens is 1. The Kier molecular flexibility index (Phi) is 4.43. The molecule has 0 spiro atoms. The summed E-state index contributed by atoms with van der Waals surface area (Å²) in [5, 5.41) is 3.39. The van der Waals surface area contributed by atoms with Crippen molar-refractivity contribution in [1.29, 1.82) is 0 Å². The first-order valence-electron chi connectivity index (χ1n) is 7.69. The number of hydrogen-bond acceptors (Lipinski definition) is 4. The Morgan fingerprint density at radius 2 is 2.13 bits per heavy atom. The van der Waals surface area contributed by atoms with Gasteiger partial charge in [0.1, 0.15) is 0 Å². The number of aryl methyl sites for hydroxylation is 2. The molecule has 0 radical (unpaired) electrons. The number of nitrogens with one attached hydrogen (secondary N) is 1. The highest BCUT2D eigenvalue weighted by Gasteiger charge is 2.35. The number of carbonyl (C=O) groups is 2. The van der Waals surface area contributed by atoms with E-state index in [1.54, 1.807) is 11.1 Å². The molecule has 1 aromatic heterocycles. The van der Waals surface area contributed by atoms with Crippen molar-refractivity contribution in [2.45, 2.75) is 26.7 Å². The standard InChI is InChI=1S/C17H19N3O2S/c1-3-12-4-6-14(7-5-12)20-10-13(8-15(20)21)16(22)19-17-18-9-11(2)23-17/h4-7,9,13H,3,8,10H2,1-2H3,(H,18,19,22)/t13-/m1/s1. The molecule has 2 aromatic rings. The number of anilines is 2. The van der Waals surface area contributed by atoms with Crippen LogP contribution in [0.2, 0.25) is 0 Å². The van der Waals surface area contributed by atoms with E-state index < -0.39 is 0 Å². The van der Waals surface area contributed by atoms with E-state index in [2.05, 4.69) is 17.2 Å². The van der Waals surface area contributed by atoms with Gasteiger partial charge in [-0.1, -0.05) is 19.1 Å². The lowest BCUT2D eigenvalue weighted by atomic mass is 10.1. The molecule has 0 bridgehead atoms. The summed E-state index contributed by atoms with van der Waals surface area (Å²) in [6.45, 7) is 4.45. The van der Waals surface area contributed by atoms with Gasteiger partial charge in [0.05, 0.1) is 5.92 Å². The normalized spacial score (nSPS) is 17.6. The first kappa shape index (κ1) is 15.7. The second kappa shape index (κ2) is 6.50. The van der Waals surface area contributed by atoms with Crippen LogP contribution in [0.5, 0.6) is 0 Å². The number of benzene rings is 1. The molecule has 1 aromatic carbocycles. The van der Waals surface area contributed by atoms with Gasteiger partial charge in [0.15, 0.2) is 5.13 Å². The number of hydrogen-bond donors (Lipinski definition) is 1. The largest absolute Gasteiger partial charge is 0.312 e. The summed E-state index contributed by atoms with van der Waals surface area (Å²) in [5.74, 6) is -0.484. The molecular weight excluding hydrogens is 310 g/mol. The van der Waals surface area contributed by atoms with Crippen LogP contribution in [0.15, 0.2) is 30.5 Å². The van der Waals surface area contributed by atoms with Crippen LogP contribution in [0.3, 0.4) is 0 Å². The van der Waals surface area contributed by atoms with Crippen LogP contribution in [-0.4, -0.2) is 23.3 Å². The van der Waals surface area contributed by atoms with Crippen molar-refractivity contribution in [3.63, 3.8) is 0 Å². The summed E-state index contributed by atoms with van der Waals surface area (Å²) in [6.07, 6.45) is 2.93. The smallest absolute Gasteiger partial charge is 0.231 e. The Labute approximate surface area is 139 Å². The van der Waals surface area contributed by atoms with Crippen LogP contribution in [-0.2, 0) is 16.0 Å². The highest BCUT2D eigenvalue weighted by molar-refractivity contribution is 7.15. The molecule has 23 heavy (non-hydrogen) atoms. The third kappa shape index (κ3) is 3.42. The zero-order chi connectivity index (χ0) is 16.4. The lowest BCUT2D eigenvalue weighted by Crippen LogP contribution is -2.28. The number of amides is 2. The van der Waals surface area contributed by atoms with E-state index in [1.165, 1.54) is 16.9 Å². The van der Waals surface area contributed by atoms with Gasteiger partial charge in [0.25, 0.3) is 0 Å². The zero-order valence-electron chi connectivity index (χ0n) is 13.2. The predicted molar refractivity (Wildman–Crippen MR) is 91.8 cm³/mol. The first-order chi connectivity index (χ1) is 11.1. The molecule has 0 unspecified atom stereocenters. The molecule has 1 atom stereocenters. The average molecular weight is 329 g/mol. The van der Waals surface area contributed by atoms with Gasteiger partial charge in [-0.05, 0) is 31.0 Å². The maximum absolute atomic E-state index is 12.3. The van der Waals surface area contributed by atoms with E-state index in [-0.39, 0.29) is 24.2 Å². The monoisotopic (exact) mass is 329 g/mol. The summed E-state index contributed by atoms with van der Waals surface area (Å²) in [6, 6.07) is 7.94. The Morgan fingerprint density at radius 1 is 1.39 bits per heavy atom. The van der Waals surface area contributed by atoms with Crippen LogP contribution in [0.1, 0.15) is 23.8 Å². The van der Waals surface area contributed by atoms with Gasteiger partial charge >= 0.3 is 0 Å². The Morgan fingerprint density at radius 3 is 2.74 bits per heavy atom. The van der Waals surface area contributed by atoms with Gasteiger partial charge in [-0.3, -0.25) is 9.59 Å². The Balaban J connectivity index is 1.67. The molecule has 0 aliphatic carbocycles. The third-order valence-corrected chi connectivity index (χ3v) is 4.83. The molecular formula is C17H19N3O2S. The van der Waals surface area contributed by atoms with Crippen LogP contribution < -0.4 is 10.2 Å². The van der Waals surface area contributed by atoms with E-state index in [4.69, 9.17) is 0 Å². The fraction of sp³-hybridized carbons (Fsp3) is 0.353. The quantitative estimate of drug-likeness (QED) is 0.938. The van der Waals surface area contributed by atoms with Crippen LogP contribution in [0, 0.1) is 12.8 Å². The van der Waals surface area contributed by atoms with E-state index in [9.17, 15) is 9.59 Å². The maximum atomic E-state index is 12.3. The second-order valence-electron chi connectivity index (χ2n) is 5.69. The number of carbonyl (C=O) groups excluding carboxylic acids is 2. The van der Waals surface area contributed by atoms with Gasteiger partial charge in [-0.2, -0.15) is 0 Å². The number of rotatable bonds is 4. The molecule has 1 aliphatic heterocycles. The molecule has 5 nitrogen and oxygen atoms in total. The molecule has 2 heterocycles. The average Bonchev–Trinajstić information content (AvgIpc) is 3.13. The molecule has 3 rings (SSSR count).